The average Bonchev–Trinajstić information content (AvgIpc) is 2.42. The molecule has 1 atom stereocenters. The lowest BCUT2D eigenvalue weighted by atomic mass is 9.75. The highest BCUT2D eigenvalue weighted by molar-refractivity contribution is 7.90. The van der Waals surface area contributed by atoms with Gasteiger partial charge in [0.15, 0.2) is 0 Å². The largest absolute Gasteiger partial charge is 0.444 e. The third-order valence-electron chi connectivity index (χ3n) is 4.66. The first-order valence-electron chi connectivity index (χ1n) is 8.67. The molecule has 0 bridgehead atoms. The van der Waals surface area contributed by atoms with Crippen LogP contribution in [-0.4, -0.2) is 55.6 Å². The molecule has 0 spiro atoms. The van der Waals surface area contributed by atoms with E-state index in [0.717, 1.165) is 0 Å². The molecule has 1 rings (SSSR count). The molecule has 1 aliphatic heterocycles. The van der Waals surface area contributed by atoms with Crippen molar-refractivity contribution in [2.24, 2.45) is 5.41 Å². The van der Waals surface area contributed by atoms with Crippen molar-refractivity contribution in [3.05, 3.63) is 0 Å². The van der Waals surface area contributed by atoms with Crippen LogP contribution >= 0.6 is 0 Å². The summed E-state index contributed by atoms with van der Waals surface area (Å²) in [6.45, 7) is 12.1. The van der Waals surface area contributed by atoms with Crippen molar-refractivity contribution >= 4 is 16.1 Å². The van der Waals surface area contributed by atoms with Crippen LogP contribution in [0.2, 0.25) is 0 Å². The highest BCUT2D eigenvalue weighted by atomic mass is 32.2. The van der Waals surface area contributed by atoms with Crippen LogP contribution in [0.5, 0.6) is 0 Å². The summed E-state index contributed by atoms with van der Waals surface area (Å²) in [7, 11) is -3.65. The number of carbonyl (C=O) groups is 1. The van der Waals surface area contributed by atoms with Crippen molar-refractivity contribution in [1.82, 2.24) is 9.62 Å². The Morgan fingerprint density at radius 2 is 1.68 bits per heavy atom. The van der Waals surface area contributed by atoms with E-state index in [9.17, 15) is 17.6 Å². The predicted octanol–water partition coefficient (Wildman–Crippen LogP) is 3.08. The average molecular weight is 381 g/mol. The summed E-state index contributed by atoms with van der Waals surface area (Å²) in [5.41, 5.74) is -1.12. The summed E-state index contributed by atoms with van der Waals surface area (Å²) >= 11 is 0. The van der Waals surface area contributed by atoms with E-state index in [1.165, 1.54) is 0 Å². The summed E-state index contributed by atoms with van der Waals surface area (Å²) in [5.74, 6) is 0. The van der Waals surface area contributed by atoms with E-state index in [1.54, 1.807) is 46.4 Å². The van der Waals surface area contributed by atoms with Gasteiger partial charge in [-0.2, -0.15) is 0 Å². The summed E-state index contributed by atoms with van der Waals surface area (Å²) in [6, 6.07) is -0.808. The van der Waals surface area contributed by atoms with Crippen molar-refractivity contribution in [3.8, 4) is 0 Å². The van der Waals surface area contributed by atoms with Crippen molar-refractivity contribution in [3.63, 3.8) is 0 Å². The Labute approximate surface area is 151 Å². The number of rotatable bonds is 4. The van der Waals surface area contributed by atoms with E-state index in [2.05, 4.69) is 4.72 Å². The molecule has 1 unspecified atom stereocenters. The lowest BCUT2D eigenvalue weighted by Gasteiger charge is -2.44. The Balaban J connectivity index is 2.78. The van der Waals surface area contributed by atoms with Gasteiger partial charge in [-0.1, -0.05) is 6.92 Å². The maximum absolute atomic E-state index is 13.7. The second-order valence-electron chi connectivity index (χ2n) is 9.06. The van der Waals surface area contributed by atoms with Crippen LogP contribution < -0.4 is 4.72 Å². The number of amides is 1. The van der Waals surface area contributed by atoms with Crippen molar-refractivity contribution in [2.75, 3.05) is 19.8 Å². The molecule has 1 heterocycles. The molecule has 0 aromatic carbocycles. The summed E-state index contributed by atoms with van der Waals surface area (Å²) in [6.07, 6.45) is 0.627. The molecular weight excluding hydrogens is 347 g/mol. The van der Waals surface area contributed by atoms with Gasteiger partial charge in [0.05, 0.1) is 10.8 Å². The van der Waals surface area contributed by atoms with Crippen molar-refractivity contribution < 1.29 is 22.3 Å². The topological polar surface area (TPSA) is 75.7 Å². The number of piperidine rings is 1. The molecule has 1 amide bonds. The van der Waals surface area contributed by atoms with Gasteiger partial charge in [-0.3, -0.25) is 0 Å². The standard InChI is InChI=1S/C17H33FN2O4S/c1-15(2,3)24-14(21)20-10-8-17(7,9-11-20)13(12-18)19-25(22,23)16(4,5)6/h13,19H,8-12H2,1-7H3. The molecule has 0 radical (unpaired) electrons. The third kappa shape index (κ3) is 5.81. The van der Waals surface area contributed by atoms with Crippen LogP contribution in [0.3, 0.4) is 0 Å². The predicted molar refractivity (Wildman–Crippen MR) is 96.7 cm³/mol. The molecule has 148 valence electrons. The number of likely N-dealkylation sites (tertiary alicyclic amines) is 1. The SMILES string of the molecule is CC(C)(C)OC(=O)N1CCC(C)(C(CF)NS(=O)(=O)C(C)(C)C)CC1. The van der Waals surface area contributed by atoms with E-state index in [1.807, 2.05) is 6.92 Å². The lowest BCUT2D eigenvalue weighted by Crippen LogP contribution is -2.56. The van der Waals surface area contributed by atoms with E-state index in [0.29, 0.717) is 25.9 Å². The second-order valence-corrected chi connectivity index (χ2v) is 11.5. The number of carbonyl (C=O) groups excluding carboxylic acids is 1. The Morgan fingerprint density at radius 1 is 1.20 bits per heavy atom. The smallest absolute Gasteiger partial charge is 0.410 e. The van der Waals surface area contributed by atoms with Gasteiger partial charge in [-0.15, -0.1) is 0 Å². The van der Waals surface area contributed by atoms with Gasteiger partial charge >= 0.3 is 6.09 Å². The fraction of sp³-hybridized carbons (Fsp3) is 0.941. The first-order chi connectivity index (χ1) is 11.1. The van der Waals surface area contributed by atoms with E-state index in [4.69, 9.17) is 4.74 Å². The molecule has 1 N–H and O–H groups in total. The van der Waals surface area contributed by atoms with Crippen molar-refractivity contribution in [2.45, 2.75) is 77.7 Å². The zero-order valence-corrected chi connectivity index (χ0v) is 17.3. The lowest BCUT2D eigenvalue weighted by molar-refractivity contribution is 0.00710. The molecule has 25 heavy (non-hydrogen) atoms. The quantitative estimate of drug-likeness (QED) is 0.813. The Morgan fingerprint density at radius 3 is 2.04 bits per heavy atom. The number of ether oxygens (including phenoxy) is 1. The first kappa shape index (κ1) is 22.2. The number of hydrogen-bond acceptors (Lipinski definition) is 4. The Bertz CT molecular complexity index is 570. The number of hydrogen-bond donors (Lipinski definition) is 1. The van der Waals surface area contributed by atoms with E-state index < -0.39 is 38.5 Å². The minimum Gasteiger partial charge on any atom is -0.444 e. The molecular formula is C17H33FN2O4S. The summed E-state index contributed by atoms with van der Waals surface area (Å²) in [4.78, 5) is 13.7. The van der Waals surface area contributed by atoms with E-state index >= 15 is 0 Å². The van der Waals surface area contributed by atoms with Crippen LogP contribution in [0, 0.1) is 5.41 Å². The first-order valence-corrected chi connectivity index (χ1v) is 10.2. The number of sulfonamides is 1. The van der Waals surface area contributed by atoms with Crippen LogP contribution in [0.4, 0.5) is 9.18 Å². The maximum atomic E-state index is 13.7. The van der Waals surface area contributed by atoms with Gasteiger partial charge in [0.1, 0.15) is 12.3 Å². The Kier molecular flexibility index (Phi) is 6.54. The molecule has 0 aromatic rings. The van der Waals surface area contributed by atoms with Gasteiger partial charge in [0.25, 0.3) is 0 Å². The van der Waals surface area contributed by atoms with Gasteiger partial charge < -0.3 is 9.64 Å². The minimum atomic E-state index is -3.65. The summed E-state index contributed by atoms with van der Waals surface area (Å²) < 4.78 is 45.3. The summed E-state index contributed by atoms with van der Waals surface area (Å²) in [5, 5.41) is 0. The monoisotopic (exact) mass is 380 g/mol. The molecule has 0 aromatic heterocycles. The maximum Gasteiger partial charge on any atom is 0.410 e. The highest BCUT2D eigenvalue weighted by Gasteiger charge is 2.43. The van der Waals surface area contributed by atoms with Crippen LogP contribution in [0.15, 0.2) is 0 Å². The van der Waals surface area contributed by atoms with Gasteiger partial charge in [0, 0.05) is 13.1 Å². The van der Waals surface area contributed by atoms with Gasteiger partial charge in [0.2, 0.25) is 10.0 Å². The fourth-order valence-electron chi connectivity index (χ4n) is 2.60. The zero-order chi connectivity index (χ0) is 19.7. The molecule has 1 aliphatic rings. The molecule has 1 saturated heterocycles. The molecule has 6 nitrogen and oxygen atoms in total. The van der Waals surface area contributed by atoms with Crippen LogP contribution in [0.25, 0.3) is 0 Å². The molecule has 0 saturated carbocycles. The number of alkyl halides is 1. The zero-order valence-electron chi connectivity index (χ0n) is 16.5. The number of nitrogens with zero attached hydrogens (tertiary/aromatic N) is 1. The highest BCUT2D eigenvalue weighted by Crippen LogP contribution is 2.36. The molecule has 1 fully saturated rings. The minimum absolute atomic E-state index is 0.387. The Hall–Kier alpha value is -0.890. The second kappa shape index (κ2) is 7.39. The fourth-order valence-corrected chi connectivity index (χ4v) is 3.67. The van der Waals surface area contributed by atoms with E-state index in [-0.39, 0.29) is 6.09 Å². The van der Waals surface area contributed by atoms with Gasteiger partial charge in [-0.05, 0) is 59.8 Å². The van der Waals surface area contributed by atoms with Gasteiger partial charge in [-0.25, -0.2) is 22.3 Å². The number of nitrogens with one attached hydrogen (secondary N) is 1. The van der Waals surface area contributed by atoms with Crippen LogP contribution in [-0.2, 0) is 14.8 Å². The normalized spacial score (nSPS) is 20.2. The molecule has 8 heteroatoms. The van der Waals surface area contributed by atoms with Crippen molar-refractivity contribution in [1.29, 1.82) is 0 Å². The molecule has 0 aliphatic carbocycles. The number of halogens is 1. The third-order valence-corrected chi connectivity index (χ3v) is 6.86. The van der Waals surface area contributed by atoms with Crippen LogP contribution in [0.1, 0.15) is 61.3 Å².